The zero-order chi connectivity index (χ0) is 21.5. The van der Waals surface area contributed by atoms with Crippen LogP contribution in [0.25, 0.3) is 10.9 Å². The molecule has 1 N–H and O–H groups in total. The van der Waals surface area contributed by atoms with Crippen molar-refractivity contribution in [2.75, 3.05) is 6.54 Å². The highest BCUT2D eigenvalue weighted by Gasteiger charge is 2.19. The summed E-state index contributed by atoms with van der Waals surface area (Å²) in [5.74, 6) is 0.355. The van der Waals surface area contributed by atoms with Crippen LogP contribution in [-0.2, 0) is 17.8 Å². The third-order valence-electron chi connectivity index (χ3n) is 4.85. The molecular weight excluding hydrogens is 394 g/mol. The van der Waals surface area contributed by atoms with Gasteiger partial charge in [-0.1, -0.05) is 68.1 Å². The van der Waals surface area contributed by atoms with E-state index in [2.05, 4.69) is 31.3 Å². The number of hydrogen-bond acceptors (Lipinski definition) is 4. The van der Waals surface area contributed by atoms with Crippen LogP contribution < -0.4 is 10.9 Å². The van der Waals surface area contributed by atoms with Crippen LogP contribution in [0.5, 0.6) is 0 Å². The average molecular weight is 424 g/mol. The Balaban J connectivity index is 1.83. The van der Waals surface area contributed by atoms with E-state index in [1.165, 1.54) is 17.3 Å². The van der Waals surface area contributed by atoms with Crippen molar-refractivity contribution in [1.29, 1.82) is 0 Å². The van der Waals surface area contributed by atoms with Crippen molar-refractivity contribution < 1.29 is 4.79 Å². The van der Waals surface area contributed by atoms with E-state index in [1.807, 2.05) is 49.4 Å². The molecule has 0 saturated heterocycles. The summed E-state index contributed by atoms with van der Waals surface area (Å²) in [6, 6.07) is 17.6. The Morgan fingerprint density at radius 3 is 2.50 bits per heavy atom. The minimum Gasteiger partial charge on any atom is -0.355 e. The third-order valence-corrected chi connectivity index (χ3v) is 5.94. The molecule has 0 bridgehead atoms. The van der Waals surface area contributed by atoms with Gasteiger partial charge in [-0.25, -0.2) is 4.98 Å². The van der Waals surface area contributed by atoms with Crippen molar-refractivity contribution in [2.45, 2.75) is 50.6 Å². The number of para-hydroxylation sites is 1. The highest BCUT2D eigenvalue weighted by molar-refractivity contribution is 8.00. The van der Waals surface area contributed by atoms with Crippen molar-refractivity contribution in [2.24, 2.45) is 5.92 Å². The molecule has 2 aromatic carbocycles. The van der Waals surface area contributed by atoms with Gasteiger partial charge >= 0.3 is 0 Å². The van der Waals surface area contributed by atoms with E-state index >= 15 is 0 Å². The Morgan fingerprint density at radius 1 is 1.07 bits per heavy atom. The number of benzene rings is 2. The second kappa shape index (κ2) is 10.4. The van der Waals surface area contributed by atoms with Crippen molar-refractivity contribution in [3.8, 4) is 0 Å². The highest BCUT2D eigenvalue weighted by Crippen LogP contribution is 2.23. The quantitative estimate of drug-likeness (QED) is 0.412. The first-order chi connectivity index (χ1) is 14.5. The van der Waals surface area contributed by atoms with Gasteiger partial charge in [0.15, 0.2) is 5.16 Å². The molecular formula is C24H29N3O2S. The zero-order valence-electron chi connectivity index (χ0n) is 17.8. The molecule has 0 saturated carbocycles. The van der Waals surface area contributed by atoms with E-state index in [1.54, 1.807) is 4.57 Å². The summed E-state index contributed by atoms with van der Waals surface area (Å²) >= 11 is 1.35. The Hall–Kier alpha value is -2.60. The summed E-state index contributed by atoms with van der Waals surface area (Å²) in [5, 5.41) is 3.83. The maximum absolute atomic E-state index is 13.2. The van der Waals surface area contributed by atoms with E-state index in [9.17, 15) is 9.59 Å². The fourth-order valence-corrected chi connectivity index (χ4v) is 4.14. The standard InChI is InChI=1S/C24H29N3O2S/c1-17(2)16-25-22(28)18(3)30-24-26-21-14-8-7-13-20(21)23(29)27(24)15-9-12-19-10-5-4-6-11-19/h4-8,10-11,13-14,17-18H,9,12,15-16H2,1-3H3,(H,25,28)/t18-/m0/s1. The number of aryl methyl sites for hydroxylation is 1. The zero-order valence-corrected chi connectivity index (χ0v) is 18.6. The van der Waals surface area contributed by atoms with Gasteiger partial charge in [-0.15, -0.1) is 0 Å². The first-order valence-corrected chi connectivity index (χ1v) is 11.3. The number of hydrogen-bond donors (Lipinski definition) is 1. The molecule has 30 heavy (non-hydrogen) atoms. The number of aromatic nitrogens is 2. The summed E-state index contributed by atoms with van der Waals surface area (Å²) in [6.07, 6.45) is 1.71. The normalized spacial score (nSPS) is 12.3. The number of thioether (sulfide) groups is 1. The SMILES string of the molecule is CC(C)CNC(=O)[C@H](C)Sc1nc2ccccc2c(=O)n1CCCc1ccccc1. The topological polar surface area (TPSA) is 64.0 Å². The second-order valence-corrected chi connectivity index (χ2v) is 9.16. The molecule has 3 aromatic rings. The van der Waals surface area contributed by atoms with Crippen LogP contribution in [0.4, 0.5) is 0 Å². The van der Waals surface area contributed by atoms with Gasteiger partial charge in [0.05, 0.1) is 16.2 Å². The second-order valence-electron chi connectivity index (χ2n) is 7.86. The van der Waals surface area contributed by atoms with Crippen LogP contribution in [0.1, 0.15) is 32.8 Å². The summed E-state index contributed by atoms with van der Waals surface area (Å²) in [4.78, 5) is 30.4. The average Bonchev–Trinajstić information content (AvgIpc) is 2.74. The molecule has 5 nitrogen and oxygen atoms in total. The molecule has 158 valence electrons. The van der Waals surface area contributed by atoms with Crippen LogP contribution in [-0.4, -0.2) is 27.3 Å². The molecule has 0 unspecified atom stereocenters. The van der Waals surface area contributed by atoms with E-state index in [4.69, 9.17) is 4.98 Å². The van der Waals surface area contributed by atoms with Crippen molar-refractivity contribution in [1.82, 2.24) is 14.9 Å². The van der Waals surface area contributed by atoms with E-state index in [0.717, 1.165) is 12.8 Å². The van der Waals surface area contributed by atoms with Crippen molar-refractivity contribution in [3.05, 3.63) is 70.5 Å². The number of carbonyl (C=O) groups excluding carboxylic acids is 1. The summed E-state index contributed by atoms with van der Waals surface area (Å²) < 4.78 is 1.72. The van der Waals surface area contributed by atoms with E-state index < -0.39 is 0 Å². The molecule has 1 atom stereocenters. The molecule has 1 aromatic heterocycles. The van der Waals surface area contributed by atoms with Crippen LogP contribution >= 0.6 is 11.8 Å². The summed E-state index contributed by atoms with van der Waals surface area (Å²) in [7, 11) is 0. The summed E-state index contributed by atoms with van der Waals surface area (Å²) in [5.41, 5.74) is 1.86. The fourth-order valence-electron chi connectivity index (χ4n) is 3.18. The monoisotopic (exact) mass is 423 g/mol. The van der Waals surface area contributed by atoms with Crippen LogP contribution in [0, 0.1) is 5.92 Å². The number of carbonyl (C=O) groups is 1. The lowest BCUT2D eigenvalue weighted by Crippen LogP contribution is -2.34. The van der Waals surface area contributed by atoms with Crippen LogP contribution in [0.2, 0.25) is 0 Å². The third kappa shape index (κ3) is 5.72. The van der Waals surface area contributed by atoms with Gasteiger partial charge < -0.3 is 5.32 Å². The van der Waals surface area contributed by atoms with Crippen molar-refractivity contribution in [3.63, 3.8) is 0 Å². The smallest absolute Gasteiger partial charge is 0.262 e. The molecule has 0 aliphatic heterocycles. The predicted octanol–water partition coefficient (Wildman–Crippen LogP) is 4.28. The van der Waals surface area contributed by atoms with E-state index in [0.29, 0.717) is 35.1 Å². The molecule has 0 fully saturated rings. The van der Waals surface area contributed by atoms with Gasteiger partial charge in [0.25, 0.3) is 5.56 Å². The lowest BCUT2D eigenvalue weighted by molar-refractivity contribution is -0.120. The lowest BCUT2D eigenvalue weighted by Gasteiger charge is -2.17. The highest BCUT2D eigenvalue weighted by atomic mass is 32.2. The minimum atomic E-state index is -0.336. The minimum absolute atomic E-state index is 0.0352. The lowest BCUT2D eigenvalue weighted by atomic mass is 10.1. The fraction of sp³-hybridized carbons (Fsp3) is 0.375. The molecule has 1 heterocycles. The molecule has 1 amide bonds. The molecule has 0 spiro atoms. The predicted molar refractivity (Wildman–Crippen MR) is 124 cm³/mol. The summed E-state index contributed by atoms with van der Waals surface area (Å²) in [6.45, 7) is 7.18. The maximum atomic E-state index is 13.2. The maximum Gasteiger partial charge on any atom is 0.262 e. The Kier molecular flexibility index (Phi) is 7.69. The largest absolute Gasteiger partial charge is 0.355 e. The van der Waals surface area contributed by atoms with Crippen LogP contribution in [0.15, 0.2) is 64.5 Å². The van der Waals surface area contributed by atoms with Gasteiger partial charge in [0.1, 0.15) is 0 Å². The molecule has 0 radical (unpaired) electrons. The van der Waals surface area contributed by atoms with Crippen molar-refractivity contribution >= 4 is 28.6 Å². The molecule has 3 rings (SSSR count). The molecule has 0 aliphatic carbocycles. The molecule has 6 heteroatoms. The number of amides is 1. The Morgan fingerprint density at radius 2 is 1.77 bits per heavy atom. The van der Waals surface area contributed by atoms with Gasteiger partial charge in [0.2, 0.25) is 5.91 Å². The first-order valence-electron chi connectivity index (χ1n) is 10.4. The van der Waals surface area contributed by atoms with Gasteiger partial charge in [-0.2, -0.15) is 0 Å². The van der Waals surface area contributed by atoms with Gasteiger partial charge in [0, 0.05) is 13.1 Å². The van der Waals surface area contributed by atoms with Crippen LogP contribution in [0.3, 0.4) is 0 Å². The number of nitrogens with one attached hydrogen (secondary N) is 1. The Bertz CT molecular complexity index is 1050. The number of fused-ring (bicyclic) bond motifs is 1. The molecule has 0 aliphatic rings. The van der Waals surface area contributed by atoms with Gasteiger partial charge in [-0.05, 0) is 43.4 Å². The Labute approximate surface area is 181 Å². The number of rotatable bonds is 9. The van der Waals surface area contributed by atoms with E-state index in [-0.39, 0.29) is 16.7 Å². The first kappa shape index (κ1) is 22.1. The number of nitrogens with zero attached hydrogens (tertiary/aromatic N) is 2. The van der Waals surface area contributed by atoms with Gasteiger partial charge in [-0.3, -0.25) is 14.2 Å².